The summed E-state index contributed by atoms with van der Waals surface area (Å²) in [4.78, 5) is 28.9. The summed E-state index contributed by atoms with van der Waals surface area (Å²) < 4.78 is 19.1. The number of hydrogen-bond acceptors (Lipinski definition) is 7. The first-order chi connectivity index (χ1) is 18.7. The molecule has 2 aromatic carbocycles. The molecule has 11 heteroatoms. The molecule has 0 radical (unpaired) electrons. The summed E-state index contributed by atoms with van der Waals surface area (Å²) in [6.07, 6.45) is 5.48. The molecule has 0 atom stereocenters. The fourth-order valence-electron chi connectivity index (χ4n) is 4.22. The predicted molar refractivity (Wildman–Crippen MR) is 153 cm³/mol. The van der Waals surface area contributed by atoms with Crippen LogP contribution in [-0.4, -0.2) is 76.4 Å². The number of carbonyl (C=O) groups is 2. The third kappa shape index (κ3) is 10.2. The highest BCUT2D eigenvalue weighted by molar-refractivity contribution is 8.13. The highest BCUT2D eigenvalue weighted by atomic mass is 35.5. The maximum Gasteiger partial charge on any atom is 0.328 e. The van der Waals surface area contributed by atoms with Gasteiger partial charge in [0.1, 0.15) is 11.6 Å². The summed E-state index contributed by atoms with van der Waals surface area (Å²) in [7, 11) is 2.19. The SMILES string of the molecule is CN(C1=Nc2ccccc2CS1)C1CCN(CCCCOc2ccc(Cl)c(F)c2)CC1.O=C(O)/C=C/C(=O)O. The molecule has 0 amide bonds. The Labute approximate surface area is 237 Å². The van der Waals surface area contributed by atoms with Gasteiger partial charge in [0.25, 0.3) is 0 Å². The number of halogens is 2. The van der Waals surface area contributed by atoms with Crippen molar-refractivity contribution in [3.63, 3.8) is 0 Å². The number of carboxylic acid groups (broad SMARTS) is 2. The minimum Gasteiger partial charge on any atom is -0.493 e. The minimum absolute atomic E-state index is 0.125. The highest BCUT2D eigenvalue weighted by Gasteiger charge is 2.26. The number of fused-ring (bicyclic) bond motifs is 1. The number of para-hydroxylation sites is 1. The van der Waals surface area contributed by atoms with Gasteiger partial charge in [-0.15, -0.1) is 0 Å². The van der Waals surface area contributed by atoms with Crippen LogP contribution in [0, 0.1) is 5.82 Å². The van der Waals surface area contributed by atoms with Crippen LogP contribution in [0.4, 0.5) is 10.1 Å². The first-order valence-corrected chi connectivity index (χ1v) is 14.1. The van der Waals surface area contributed by atoms with Crippen molar-refractivity contribution in [2.24, 2.45) is 4.99 Å². The van der Waals surface area contributed by atoms with E-state index in [0.717, 1.165) is 61.9 Å². The molecular formula is C28H33ClFN3O5S. The normalized spacial score (nSPS) is 15.6. The van der Waals surface area contributed by atoms with Crippen LogP contribution in [0.15, 0.2) is 59.6 Å². The van der Waals surface area contributed by atoms with Crippen molar-refractivity contribution in [3.8, 4) is 5.75 Å². The van der Waals surface area contributed by atoms with E-state index in [9.17, 15) is 14.0 Å². The van der Waals surface area contributed by atoms with Gasteiger partial charge in [-0.2, -0.15) is 0 Å². The lowest BCUT2D eigenvalue weighted by molar-refractivity contribution is -0.134. The molecule has 1 saturated heterocycles. The molecule has 0 spiro atoms. The first kappa shape index (κ1) is 30.5. The number of hydrogen-bond donors (Lipinski definition) is 2. The summed E-state index contributed by atoms with van der Waals surface area (Å²) in [5.74, 6) is -1.41. The standard InChI is InChI=1S/C24H29ClFN3OS.C4H4O4/c1-28(24-27-23-7-3-2-6-18(23)17-31-24)19-10-13-29(14-11-19)12-4-5-15-30-20-8-9-21(25)22(26)16-20;5-3(6)1-2-4(7)8/h2-3,6-9,16,19H,4-5,10-15,17H2,1H3;1-2H,(H,5,6)(H,7,8)/b;2-1+. The molecule has 1 fully saturated rings. The lowest BCUT2D eigenvalue weighted by Gasteiger charge is -2.38. The van der Waals surface area contributed by atoms with E-state index >= 15 is 0 Å². The number of carboxylic acids is 2. The molecule has 0 aromatic heterocycles. The second-order valence-corrected chi connectivity index (χ2v) is 10.5. The van der Waals surface area contributed by atoms with E-state index in [1.54, 1.807) is 6.07 Å². The molecule has 0 bridgehead atoms. The van der Waals surface area contributed by atoms with Crippen molar-refractivity contribution in [3.05, 3.63) is 71.0 Å². The van der Waals surface area contributed by atoms with Gasteiger partial charge < -0.3 is 24.7 Å². The Morgan fingerprint density at radius 1 is 1.15 bits per heavy atom. The molecule has 2 heterocycles. The summed E-state index contributed by atoms with van der Waals surface area (Å²) >= 11 is 7.54. The molecule has 0 aliphatic carbocycles. The number of aliphatic imine (C=N–C) groups is 1. The number of nitrogens with zero attached hydrogens (tertiary/aromatic N) is 3. The van der Waals surface area contributed by atoms with Crippen LogP contribution < -0.4 is 4.74 Å². The zero-order chi connectivity index (χ0) is 28.2. The predicted octanol–water partition coefficient (Wildman–Crippen LogP) is 5.68. The molecule has 2 N–H and O–H groups in total. The summed E-state index contributed by atoms with van der Waals surface area (Å²) in [5.41, 5.74) is 2.44. The fraction of sp³-hybridized carbons (Fsp3) is 0.393. The monoisotopic (exact) mass is 577 g/mol. The summed E-state index contributed by atoms with van der Waals surface area (Å²) in [5, 5.41) is 16.9. The molecule has 2 aliphatic rings. The van der Waals surface area contributed by atoms with Crippen molar-refractivity contribution >= 4 is 46.2 Å². The van der Waals surface area contributed by atoms with Crippen LogP contribution in [-0.2, 0) is 15.3 Å². The Balaban J connectivity index is 0.000000459. The molecule has 4 rings (SSSR count). The van der Waals surface area contributed by atoms with Gasteiger partial charge in [-0.05, 0) is 56.0 Å². The molecule has 210 valence electrons. The number of ether oxygens (including phenoxy) is 1. The van der Waals surface area contributed by atoms with E-state index in [2.05, 4.69) is 41.1 Å². The zero-order valence-electron chi connectivity index (χ0n) is 21.8. The van der Waals surface area contributed by atoms with Crippen molar-refractivity contribution in [2.45, 2.75) is 37.5 Å². The van der Waals surface area contributed by atoms with E-state index in [1.165, 1.54) is 17.7 Å². The van der Waals surface area contributed by atoms with Crippen molar-refractivity contribution < 1.29 is 28.9 Å². The van der Waals surface area contributed by atoms with E-state index in [-0.39, 0.29) is 5.02 Å². The smallest absolute Gasteiger partial charge is 0.328 e. The Morgan fingerprint density at radius 2 is 1.85 bits per heavy atom. The minimum atomic E-state index is -1.26. The molecule has 8 nitrogen and oxygen atoms in total. The van der Waals surface area contributed by atoms with Crippen molar-refractivity contribution in [1.82, 2.24) is 9.80 Å². The van der Waals surface area contributed by atoms with Gasteiger partial charge in [0.05, 0.1) is 17.3 Å². The van der Waals surface area contributed by atoms with Crippen LogP contribution in [0.25, 0.3) is 0 Å². The fourth-order valence-corrected chi connectivity index (χ4v) is 5.39. The van der Waals surface area contributed by atoms with Gasteiger partial charge in [-0.1, -0.05) is 41.6 Å². The molecule has 2 aliphatic heterocycles. The van der Waals surface area contributed by atoms with Crippen LogP contribution in [0.5, 0.6) is 5.75 Å². The van der Waals surface area contributed by atoms with Gasteiger partial charge in [-0.25, -0.2) is 19.0 Å². The van der Waals surface area contributed by atoms with Gasteiger partial charge in [0, 0.05) is 50.2 Å². The highest BCUT2D eigenvalue weighted by Crippen LogP contribution is 2.33. The molecule has 0 unspecified atom stereocenters. The van der Waals surface area contributed by atoms with E-state index in [1.807, 2.05) is 11.8 Å². The van der Waals surface area contributed by atoms with E-state index in [4.69, 9.17) is 31.5 Å². The maximum atomic E-state index is 13.4. The van der Waals surface area contributed by atoms with Gasteiger partial charge in [0.2, 0.25) is 0 Å². The topological polar surface area (TPSA) is 103 Å². The summed E-state index contributed by atoms with van der Waals surface area (Å²) in [6.45, 7) is 3.91. The Morgan fingerprint density at radius 3 is 2.51 bits per heavy atom. The second-order valence-electron chi connectivity index (χ2n) is 9.14. The number of likely N-dealkylation sites (tertiary alicyclic amines) is 1. The van der Waals surface area contributed by atoms with Crippen LogP contribution in [0.2, 0.25) is 5.02 Å². The van der Waals surface area contributed by atoms with Crippen LogP contribution >= 0.6 is 23.4 Å². The third-order valence-electron chi connectivity index (χ3n) is 6.37. The number of amidine groups is 1. The Bertz CT molecular complexity index is 1170. The van der Waals surface area contributed by atoms with Crippen molar-refractivity contribution in [2.75, 3.05) is 33.3 Å². The lowest BCUT2D eigenvalue weighted by Crippen LogP contribution is -2.45. The Hall–Kier alpha value is -3.08. The van der Waals surface area contributed by atoms with E-state index < -0.39 is 17.8 Å². The first-order valence-electron chi connectivity index (χ1n) is 12.7. The van der Waals surface area contributed by atoms with E-state index in [0.29, 0.717) is 30.6 Å². The van der Waals surface area contributed by atoms with Gasteiger partial charge in [0.15, 0.2) is 5.17 Å². The van der Waals surface area contributed by atoms with Crippen molar-refractivity contribution in [1.29, 1.82) is 0 Å². The van der Waals surface area contributed by atoms with Gasteiger partial charge >= 0.3 is 11.9 Å². The average Bonchev–Trinajstić information content (AvgIpc) is 2.93. The number of benzene rings is 2. The average molecular weight is 578 g/mol. The zero-order valence-corrected chi connectivity index (χ0v) is 23.3. The number of rotatable bonds is 9. The molecular weight excluding hydrogens is 545 g/mol. The lowest BCUT2D eigenvalue weighted by atomic mass is 10.0. The molecule has 2 aromatic rings. The third-order valence-corrected chi connectivity index (χ3v) is 7.77. The van der Waals surface area contributed by atoms with Gasteiger partial charge in [-0.3, -0.25) is 0 Å². The number of aliphatic carboxylic acids is 2. The molecule has 0 saturated carbocycles. The number of thioether (sulfide) groups is 1. The maximum absolute atomic E-state index is 13.4. The Kier molecular flexibility index (Phi) is 12.1. The summed E-state index contributed by atoms with van der Waals surface area (Å²) in [6, 6.07) is 13.6. The quantitative estimate of drug-likeness (QED) is 0.290. The number of piperidine rings is 1. The number of unbranched alkanes of at least 4 members (excludes halogenated alkanes) is 1. The second kappa shape index (κ2) is 15.5. The molecule has 39 heavy (non-hydrogen) atoms. The van der Waals surface area contributed by atoms with Crippen LogP contribution in [0.3, 0.4) is 0 Å². The van der Waals surface area contributed by atoms with Crippen LogP contribution in [0.1, 0.15) is 31.2 Å². The largest absolute Gasteiger partial charge is 0.493 e.